The third kappa shape index (κ3) is 2.39. The maximum Gasteiger partial charge on any atom is 0.231 e. The lowest BCUT2D eigenvalue weighted by Crippen LogP contribution is -2.12. The monoisotopic (exact) mass is 284 g/mol. The number of nitrogens with one attached hydrogen (secondary N) is 1. The molecule has 1 aromatic carbocycles. The standard InChI is InChI=1S/C17H20N2O2/c1-11-2-3-12(6-11)9-19-17-14-8-16-15(20-10-21-16)7-13(14)4-5-18-17/h4-5,7-8,11-12H,2-3,6,9-10H2,1H3,(H,18,19). The predicted molar refractivity (Wildman–Crippen MR) is 82.9 cm³/mol. The smallest absolute Gasteiger partial charge is 0.231 e. The summed E-state index contributed by atoms with van der Waals surface area (Å²) in [4.78, 5) is 4.50. The first-order valence-electron chi connectivity index (χ1n) is 7.72. The summed E-state index contributed by atoms with van der Waals surface area (Å²) in [5, 5.41) is 5.77. The Kier molecular flexibility index (Phi) is 3.09. The summed E-state index contributed by atoms with van der Waals surface area (Å²) >= 11 is 0. The summed E-state index contributed by atoms with van der Waals surface area (Å²) in [5.74, 6) is 4.22. The van der Waals surface area contributed by atoms with Gasteiger partial charge in [0.25, 0.3) is 0 Å². The van der Waals surface area contributed by atoms with E-state index in [0.717, 1.165) is 46.5 Å². The number of ether oxygens (including phenoxy) is 2. The van der Waals surface area contributed by atoms with Gasteiger partial charge < -0.3 is 14.8 Å². The van der Waals surface area contributed by atoms with Crippen LogP contribution in [0.2, 0.25) is 0 Å². The highest BCUT2D eigenvalue weighted by atomic mass is 16.7. The number of anilines is 1. The molecule has 110 valence electrons. The highest BCUT2D eigenvalue weighted by Crippen LogP contribution is 2.38. The first kappa shape index (κ1) is 12.7. The van der Waals surface area contributed by atoms with E-state index in [1.807, 2.05) is 24.4 Å². The average molecular weight is 284 g/mol. The Hall–Kier alpha value is -1.97. The highest BCUT2D eigenvalue weighted by Gasteiger charge is 2.21. The molecular formula is C17H20N2O2. The third-order valence-corrected chi connectivity index (χ3v) is 4.62. The van der Waals surface area contributed by atoms with Crippen LogP contribution < -0.4 is 14.8 Å². The summed E-state index contributed by atoms with van der Waals surface area (Å²) in [6.45, 7) is 3.66. The number of aromatic nitrogens is 1. The zero-order valence-electron chi connectivity index (χ0n) is 12.3. The molecule has 0 amide bonds. The Morgan fingerprint density at radius 2 is 2.10 bits per heavy atom. The lowest BCUT2D eigenvalue weighted by molar-refractivity contribution is 0.174. The average Bonchev–Trinajstić information content (AvgIpc) is 3.11. The van der Waals surface area contributed by atoms with Crippen molar-refractivity contribution in [3.8, 4) is 11.5 Å². The van der Waals surface area contributed by atoms with Crippen LogP contribution in [0.25, 0.3) is 10.8 Å². The van der Waals surface area contributed by atoms with Gasteiger partial charge >= 0.3 is 0 Å². The van der Waals surface area contributed by atoms with Crippen molar-refractivity contribution in [2.24, 2.45) is 11.8 Å². The number of benzene rings is 1. The van der Waals surface area contributed by atoms with Crippen molar-refractivity contribution in [1.82, 2.24) is 4.98 Å². The minimum Gasteiger partial charge on any atom is -0.454 e. The lowest BCUT2D eigenvalue weighted by atomic mass is 10.1. The van der Waals surface area contributed by atoms with E-state index >= 15 is 0 Å². The second kappa shape index (κ2) is 5.10. The molecule has 2 atom stereocenters. The predicted octanol–water partition coefficient (Wildman–Crippen LogP) is 3.81. The number of fused-ring (bicyclic) bond motifs is 2. The van der Waals surface area contributed by atoms with Crippen LogP contribution in [0.3, 0.4) is 0 Å². The topological polar surface area (TPSA) is 43.4 Å². The molecule has 4 heteroatoms. The van der Waals surface area contributed by atoms with Gasteiger partial charge in [-0.25, -0.2) is 4.98 Å². The van der Waals surface area contributed by atoms with E-state index in [-0.39, 0.29) is 0 Å². The third-order valence-electron chi connectivity index (χ3n) is 4.62. The van der Waals surface area contributed by atoms with E-state index in [4.69, 9.17) is 9.47 Å². The molecule has 1 saturated carbocycles. The van der Waals surface area contributed by atoms with Crippen molar-refractivity contribution in [3.63, 3.8) is 0 Å². The molecule has 0 radical (unpaired) electrons. The summed E-state index contributed by atoms with van der Waals surface area (Å²) < 4.78 is 10.9. The highest BCUT2D eigenvalue weighted by molar-refractivity contribution is 5.94. The van der Waals surface area contributed by atoms with Gasteiger partial charge in [0, 0.05) is 18.1 Å². The second-order valence-electron chi connectivity index (χ2n) is 6.25. The van der Waals surface area contributed by atoms with Crippen molar-refractivity contribution >= 4 is 16.6 Å². The van der Waals surface area contributed by atoms with Crippen molar-refractivity contribution < 1.29 is 9.47 Å². The Morgan fingerprint density at radius 1 is 1.24 bits per heavy atom. The molecule has 0 spiro atoms. The van der Waals surface area contributed by atoms with Gasteiger partial charge in [-0.05, 0) is 48.3 Å². The number of rotatable bonds is 3. The Morgan fingerprint density at radius 3 is 2.90 bits per heavy atom. The molecule has 4 nitrogen and oxygen atoms in total. The lowest BCUT2D eigenvalue weighted by Gasteiger charge is -2.13. The summed E-state index contributed by atoms with van der Waals surface area (Å²) in [5.41, 5.74) is 0. The molecule has 0 bridgehead atoms. The largest absolute Gasteiger partial charge is 0.454 e. The fraction of sp³-hybridized carbons (Fsp3) is 0.471. The van der Waals surface area contributed by atoms with Crippen LogP contribution in [-0.2, 0) is 0 Å². The van der Waals surface area contributed by atoms with Gasteiger partial charge in [-0.15, -0.1) is 0 Å². The molecule has 0 saturated heterocycles. The van der Waals surface area contributed by atoms with Crippen LogP contribution >= 0.6 is 0 Å². The minimum absolute atomic E-state index is 0.307. The maximum absolute atomic E-state index is 5.48. The van der Waals surface area contributed by atoms with Gasteiger partial charge in [0.2, 0.25) is 6.79 Å². The van der Waals surface area contributed by atoms with Crippen LogP contribution in [-0.4, -0.2) is 18.3 Å². The van der Waals surface area contributed by atoms with E-state index < -0.39 is 0 Å². The van der Waals surface area contributed by atoms with Gasteiger partial charge in [0.1, 0.15) is 5.82 Å². The van der Waals surface area contributed by atoms with Gasteiger partial charge in [0.15, 0.2) is 11.5 Å². The molecule has 2 aliphatic rings. The van der Waals surface area contributed by atoms with Crippen molar-refractivity contribution in [1.29, 1.82) is 0 Å². The molecule has 1 aliphatic heterocycles. The summed E-state index contributed by atoms with van der Waals surface area (Å²) in [6, 6.07) is 6.08. The van der Waals surface area contributed by atoms with Crippen molar-refractivity contribution in [2.45, 2.75) is 26.2 Å². The van der Waals surface area contributed by atoms with Crippen molar-refractivity contribution in [3.05, 3.63) is 24.4 Å². The summed E-state index contributed by atoms with van der Waals surface area (Å²) in [7, 11) is 0. The minimum atomic E-state index is 0.307. The molecule has 1 aromatic heterocycles. The van der Waals surface area contributed by atoms with Crippen LogP contribution in [0.15, 0.2) is 24.4 Å². The van der Waals surface area contributed by atoms with E-state index in [1.54, 1.807) is 0 Å². The Labute approximate surface area is 124 Å². The molecule has 1 fully saturated rings. The molecule has 21 heavy (non-hydrogen) atoms. The van der Waals surface area contributed by atoms with E-state index in [9.17, 15) is 0 Å². The van der Waals surface area contributed by atoms with E-state index in [2.05, 4.69) is 17.2 Å². The summed E-state index contributed by atoms with van der Waals surface area (Å²) in [6.07, 6.45) is 5.85. The normalized spacial score (nSPS) is 23.7. The fourth-order valence-corrected chi connectivity index (χ4v) is 3.45. The zero-order valence-corrected chi connectivity index (χ0v) is 12.3. The second-order valence-corrected chi connectivity index (χ2v) is 6.25. The molecule has 2 unspecified atom stereocenters. The zero-order chi connectivity index (χ0) is 14.2. The number of pyridine rings is 1. The van der Waals surface area contributed by atoms with Crippen LogP contribution in [0.1, 0.15) is 26.2 Å². The van der Waals surface area contributed by atoms with E-state index in [0.29, 0.717) is 6.79 Å². The fourth-order valence-electron chi connectivity index (χ4n) is 3.45. The van der Waals surface area contributed by atoms with Crippen molar-refractivity contribution in [2.75, 3.05) is 18.7 Å². The molecule has 1 aliphatic carbocycles. The number of hydrogen-bond acceptors (Lipinski definition) is 4. The van der Waals surface area contributed by atoms with Crippen LogP contribution in [0.5, 0.6) is 11.5 Å². The first-order valence-corrected chi connectivity index (χ1v) is 7.72. The first-order chi connectivity index (χ1) is 10.3. The van der Waals surface area contributed by atoms with Gasteiger partial charge in [-0.1, -0.05) is 13.3 Å². The van der Waals surface area contributed by atoms with Gasteiger partial charge in [0.05, 0.1) is 0 Å². The van der Waals surface area contributed by atoms with Gasteiger partial charge in [-0.3, -0.25) is 0 Å². The Balaban J connectivity index is 1.59. The Bertz CT molecular complexity index is 671. The van der Waals surface area contributed by atoms with Crippen LogP contribution in [0.4, 0.5) is 5.82 Å². The maximum atomic E-state index is 5.48. The molecule has 2 heterocycles. The molecule has 4 rings (SSSR count). The molecular weight excluding hydrogens is 264 g/mol. The SMILES string of the molecule is CC1CCC(CNc2nccc3cc4c(cc23)OCO4)C1. The molecule has 2 aromatic rings. The number of nitrogens with zero attached hydrogens (tertiary/aromatic N) is 1. The quantitative estimate of drug-likeness (QED) is 0.930. The van der Waals surface area contributed by atoms with Gasteiger partial charge in [-0.2, -0.15) is 0 Å². The molecule has 1 N–H and O–H groups in total. The van der Waals surface area contributed by atoms with Crippen LogP contribution in [0, 0.1) is 11.8 Å². The van der Waals surface area contributed by atoms with E-state index in [1.165, 1.54) is 19.3 Å². The number of hydrogen-bond donors (Lipinski definition) is 1.